The Hall–Kier alpha value is -1.26. The van der Waals surface area contributed by atoms with Gasteiger partial charge < -0.3 is 14.9 Å². The van der Waals surface area contributed by atoms with Crippen molar-refractivity contribution in [2.24, 2.45) is 5.92 Å². The summed E-state index contributed by atoms with van der Waals surface area (Å²) in [5, 5.41) is 8.88. The van der Waals surface area contributed by atoms with Gasteiger partial charge in [-0.05, 0) is 39.0 Å². The van der Waals surface area contributed by atoms with Gasteiger partial charge in [0.25, 0.3) is 0 Å². The lowest BCUT2D eigenvalue weighted by Crippen LogP contribution is -2.49. The molecule has 1 rings (SSSR count). The molecule has 5 nitrogen and oxygen atoms in total. The van der Waals surface area contributed by atoms with E-state index in [9.17, 15) is 9.59 Å². The number of carbonyl (C=O) groups excluding carboxylic acids is 1. The van der Waals surface area contributed by atoms with Crippen molar-refractivity contribution in [2.75, 3.05) is 19.6 Å². The Morgan fingerprint density at radius 1 is 1.33 bits per heavy atom. The van der Waals surface area contributed by atoms with Crippen molar-refractivity contribution in [3.8, 4) is 0 Å². The van der Waals surface area contributed by atoms with E-state index in [0.29, 0.717) is 12.5 Å². The van der Waals surface area contributed by atoms with Gasteiger partial charge in [-0.3, -0.25) is 4.79 Å². The van der Waals surface area contributed by atoms with Gasteiger partial charge in [-0.25, -0.2) is 4.79 Å². The highest BCUT2D eigenvalue weighted by Gasteiger charge is 2.30. The monoisotopic (exact) mass is 256 g/mol. The average Bonchev–Trinajstić information content (AvgIpc) is 3.07. The summed E-state index contributed by atoms with van der Waals surface area (Å²) in [6, 6.07) is -0.228. The number of amides is 2. The molecule has 0 aromatic carbocycles. The molecule has 5 heteroatoms. The molecule has 1 saturated carbocycles. The molecule has 1 N–H and O–H groups in total. The van der Waals surface area contributed by atoms with Gasteiger partial charge in [0.15, 0.2) is 0 Å². The molecule has 0 radical (unpaired) electrons. The van der Waals surface area contributed by atoms with Gasteiger partial charge in [-0.2, -0.15) is 0 Å². The number of hydrogen-bond acceptors (Lipinski definition) is 2. The Morgan fingerprint density at radius 2 is 1.94 bits per heavy atom. The summed E-state index contributed by atoms with van der Waals surface area (Å²) in [4.78, 5) is 26.4. The van der Waals surface area contributed by atoms with Crippen LogP contribution in [0.2, 0.25) is 0 Å². The van der Waals surface area contributed by atoms with Gasteiger partial charge in [0.2, 0.25) is 0 Å². The van der Waals surface area contributed by atoms with Gasteiger partial charge in [0, 0.05) is 19.1 Å². The Labute approximate surface area is 109 Å². The zero-order chi connectivity index (χ0) is 13.7. The summed E-state index contributed by atoms with van der Waals surface area (Å²) in [6.07, 6.45) is 3.28. The molecule has 0 heterocycles. The number of carboxylic acids is 1. The number of carboxylic acid groups (broad SMARTS) is 1. The van der Waals surface area contributed by atoms with Gasteiger partial charge in [-0.1, -0.05) is 6.92 Å². The van der Waals surface area contributed by atoms with E-state index >= 15 is 0 Å². The first kappa shape index (κ1) is 14.8. The van der Waals surface area contributed by atoms with Crippen LogP contribution in [0.5, 0.6) is 0 Å². The lowest BCUT2D eigenvalue weighted by Gasteiger charge is -2.32. The lowest BCUT2D eigenvalue weighted by molar-refractivity contribution is -0.138. The van der Waals surface area contributed by atoms with Gasteiger partial charge >= 0.3 is 12.0 Å². The highest BCUT2D eigenvalue weighted by atomic mass is 16.4. The first-order chi connectivity index (χ1) is 8.45. The molecular weight excluding hydrogens is 232 g/mol. The summed E-state index contributed by atoms with van der Waals surface area (Å²) < 4.78 is 0. The van der Waals surface area contributed by atoms with Crippen LogP contribution in [0.15, 0.2) is 0 Å². The molecule has 0 bridgehead atoms. The van der Waals surface area contributed by atoms with Crippen molar-refractivity contribution in [2.45, 2.75) is 46.1 Å². The van der Waals surface area contributed by atoms with Crippen LogP contribution in [-0.4, -0.2) is 52.6 Å². The number of hydrogen-bond donors (Lipinski definition) is 1. The van der Waals surface area contributed by atoms with Crippen LogP contribution in [0.25, 0.3) is 0 Å². The topological polar surface area (TPSA) is 60.9 Å². The van der Waals surface area contributed by atoms with Gasteiger partial charge in [0.1, 0.15) is 6.54 Å². The van der Waals surface area contributed by atoms with Crippen LogP contribution in [0.1, 0.15) is 40.0 Å². The lowest BCUT2D eigenvalue weighted by atomic mass is 10.3. The predicted octanol–water partition coefficient (Wildman–Crippen LogP) is 2.02. The average molecular weight is 256 g/mol. The predicted molar refractivity (Wildman–Crippen MR) is 69.5 cm³/mol. The number of urea groups is 1. The van der Waals surface area contributed by atoms with Gasteiger partial charge in [-0.15, -0.1) is 0 Å². The Balaban J connectivity index is 2.66. The third-order valence-electron chi connectivity index (χ3n) is 3.11. The first-order valence-electron chi connectivity index (χ1n) is 6.73. The fourth-order valence-corrected chi connectivity index (χ4v) is 1.95. The maximum Gasteiger partial charge on any atom is 0.323 e. The van der Waals surface area contributed by atoms with E-state index in [0.717, 1.165) is 13.0 Å². The minimum absolute atomic E-state index is 0.0906. The van der Waals surface area contributed by atoms with Crippen LogP contribution < -0.4 is 0 Å². The van der Waals surface area contributed by atoms with Crippen LogP contribution in [-0.2, 0) is 4.79 Å². The van der Waals surface area contributed by atoms with Crippen molar-refractivity contribution in [1.29, 1.82) is 0 Å². The molecule has 18 heavy (non-hydrogen) atoms. The van der Waals surface area contributed by atoms with E-state index in [1.54, 1.807) is 4.90 Å². The number of carbonyl (C=O) groups is 2. The largest absolute Gasteiger partial charge is 0.480 e. The second-order valence-electron chi connectivity index (χ2n) is 5.29. The molecule has 0 aromatic heterocycles. The van der Waals surface area contributed by atoms with Crippen molar-refractivity contribution < 1.29 is 14.7 Å². The number of aliphatic carboxylic acids is 1. The zero-order valence-corrected chi connectivity index (χ0v) is 11.6. The van der Waals surface area contributed by atoms with Crippen LogP contribution in [0.4, 0.5) is 4.79 Å². The normalized spacial score (nSPS) is 14.7. The highest BCUT2D eigenvalue weighted by Crippen LogP contribution is 2.30. The smallest absolute Gasteiger partial charge is 0.323 e. The summed E-state index contributed by atoms with van der Waals surface area (Å²) in [7, 11) is 0. The van der Waals surface area contributed by atoms with Gasteiger partial charge in [0.05, 0.1) is 0 Å². The second kappa shape index (κ2) is 6.61. The van der Waals surface area contributed by atoms with Crippen LogP contribution in [0.3, 0.4) is 0 Å². The molecule has 0 unspecified atom stereocenters. The molecule has 0 aliphatic heterocycles. The summed E-state index contributed by atoms with van der Waals surface area (Å²) in [6.45, 7) is 6.99. The third-order valence-corrected chi connectivity index (χ3v) is 3.11. The Kier molecular flexibility index (Phi) is 5.44. The molecule has 0 saturated heterocycles. The van der Waals surface area contributed by atoms with Crippen LogP contribution >= 0.6 is 0 Å². The van der Waals surface area contributed by atoms with Crippen molar-refractivity contribution in [1.82, 2.24) is 9.80 Å². The molecule has 0 atom stereocenters. The molecule has 104 valence electrons. The molecule has 2 amide bonds. The fourth-order valence-electron chi connectivity index (χ4n) is 1.95. The van der Waals surface area contributed by atoms with E-state index in [-0.39, 0.29) is 18.6 Å². The molecule has 0 spiro atoms. The minimum Gasteiger partial charge on any atom is -0.480 e. The Morgan fingerprint density at radius 3 is 2.33 bits per heavy atom. The number of rotatable bonds is 7. The van der Waals surface area contributed by atoms with Crippen molar-refractivity contribution in [3.05, 3.63) is 0 Å². The summed E-state index contributed by atoms with van der Waals surface area (Å²) in [5.41, 5.74) is 0. The number of nitrogens with zero attached hydrogens (tertiary/aromatic N) is 2. The van der Waals surface area contributed by atoms with E-state index in [1.165, 1.54) is 17.7 Å². The second-order valence-corrected chi connectivity index (χ2v) is 5.29. The van der Waals surface area contributed by atoms with Crippen molar-refractivity contribution >= 4 is 12.0 Å². The van der Waals surface area contributed by atoms with E-state index in [4.69, 9.17) is 5.11 Å². The quantitative estimate of drug-likeness (QED) is 0.758. The van der Waals surface area contributed by atoms with Crippen molar-refractivity contribution in [3.63, 3.8) is 0 Å². The molecular formula is C13H24N2O3. The maximum atomic E-state index is 12.4. The van der Waals surface area contributed by atoms with E-state index in [1.807, 2.05) is 20.8 Å². The third kappa shape index (κ3) is 4.55. The standard InChI is InChI=1S/C13H24N2O3/c1-4-7-14(8-11-5-6-11)13(18)15(10(2)3)9-12(16)17/h10-11H,4-9H2,1-3H3,(H,16,17). The molecule has 1 aliphatic rings. The molecule has 1 aliphatic carbocycles. The molecule has 1 fully saturated rings. The first-order valence-corrected chi connectivity index (χ1v) is 6.73. The summed E-state index contributed by atoms with van der Waals surface area (Å²) in [5.74, 6) is -0.334. The SMILES string of the molecule is CCCN(CC1CC1)C(=O)N(CC(=O)O)C(C)C. The van der Waals surface area contributed by atoms with E-state index < -0.39 is 5.97 Å². The Bertz CT molecular complexity index is 301. The fraction of sp³-hybridized carbons (Fsp3) is 0.846. The van der Waals surface area contributed by atoms with Crippen LogP contribution in [0, 0.1) is 5.92 Å². The maximum absolute atomic E-state index is 12.4. The van der Waals surface area contributed by atoms with E-state index in [2.05, 4.69) is 0 Å². The minimum atomic E-state index is -0.958. The summed E-state index contributed by atoms with van der Waals surface area (Å²) >= 11 is 0. The zero-order valence-electron chi connectivity index (χ0n) is 11.6. The molecule has 0 aromatic rings. The highest BCUT2D eigenvalue weighted by molar-refractivity contribution is 5.80.